The molecule has 0 radical (unpaired) electrons. The second-order valence-electron chi connectivity index (χ2n) is 9.13. The van der Waals surface area contributed by atoms with E-state index >= 15 is 0 Å². The van der Waals surface area contributed by atoms with Crippen molar-refractivity contribution in [1.82, 2.24) is 15.0 Å². The number of hydrogen-bond donors (Lipinski definition) is 1. The van der Waals surface area contributed by atoms with Gasteiger partial charge in [0.2, 0.25) is 0 Å². The summed E-state index contributed by atoms with van der Waals surface area (Å²) in [6, 6.07) is 11.2. The van der Waals surface area contributed by atoms with Crippen molar-refractivity contribution < 1.29 is 19.0 Å². The van der Waals surface area contributed by atoms with Crippen molar-refractivity contribution in [3.05, 3.63) is 53.3 Å². The Morgan fingerprint density at radius 3 is 2.47 bits per heavy atom. The number of unbranched alkanes of at least 4 members (excludes halogenated alkanes) is 1. The van der Waals surface area contributed by atoms with Gasteiger partial charge in [-0.1, -0.05) is 39.3 Å². The summed E-state index contributed by atoms with van der Waals surface area (Å²) in [5.41, 5.74) is 3.04. The molecule has 0 aliphatic carbocycles. The van der Waals surface area contributed by atoms with E-state index in [9.17, 15) is 4.79 Å². The van der Waals surface area contributed by atoms with Crippen LogP contribution >= 0.6 is 0 Å². The Morgan fingerprint density at radius 2 is 1.82 bits per heavy atom. The van der Waals surface area contributed by atoms with Gasteiger partial charge in [-0.05, 0) is 48.6 Å². The molecule has 0 unspecified atom stereocenters. The minimum absolute atomic E-state index is 0.106. The number of carbonyl (C=O) groups is 1. The molecule has 0 fully saturated rings. The second kappa shape index (κ2) is 10.6. The van der Waals surface area contributed by atoms with E-state index in [0.29, 0.717) is 35.2 Å². The van der Waals surface area contributed by atoms with Gasteiger partial charge in [0.1, 0.15) is 22.9 Å². The predicted molar refractivity (Wildman–Crippen MR) is 133 cm³/mol. The van der Waals surface area contributed by atoms with E-state index in [1.165, 1.54) is 0 Å². The van der Waals surface area contributed by atoms with E-state index in [0.717, 1.165) is 24.2 Å². The molecule has 8 nitrogen and oxygen atoms in total. The predicted octanol–water partition coefficient (Wildman–Crippen LogP) is 5.32. The Bertz CT molecular complexity index is 1150. The molecule has 3 aromatic rings. The Hall–Kier alpha value is -3.55. The maximum atomic E-state index is 13.2. The van der Waals surface area contributed by atoms with Gasteiger partial charge in [-0.25, -0.2) is 4.68 Å². The van der Waals surface area contributed by atoms with Crippen LogP contribution < -0.4 is 19.5 Å². The Kier molecular flexibility index (Phi) is 7.81. The van der Waals surface area contributed by atoms with Gasteiger partial charge >= 0.3 is 0 Å². The van der Waals surface area contributed by atoms with Crippen LogP contribution in [-0.2, 0) is 5.41 Å². The number of ether oxygens (including phenoxy) is 3. The molecule has 3 rings (SSSR count). The second-order valence-corrected chi connectivity index (χ2v) is 9.13. The Morgan fingerprint density at radius 1 is 1.06 bits per heavy atom. The fourth-order valence-electron chi connectivity index (χ4n) is 3.44. The van der Waals surface area contributed by atoms with E-state index in [2.05, 4.69) is 43.3 Å². The van der Waals surface area contributed by atoms with Gasteiger partial charge in [-0.2, -0.15) is 0 Å². The van der Waals surface area contributed by atoms with Crippen LogP contribution in [0.25, 0.3) is 5.69 Å². The molecular formula is C26H34N4O4. The minimum atomic E-state index is -0.351. The number of methoxy groups -OCH3 is 2. The summed E-state index contributed by atoms with van der Waals surface area (Å²) in [4.78, 5) is 13.2. The first-order valence-electron chi connectivity index (χ1n) is 11.4. The number of amides is 1. The molecule has 1 aromatic heterocycles. The molecule has 0 spiro atoms. The third kappa shape index (κ3) is 5.68. The standard InChI is InChI=1S/C26H34N4O4/c1-8-9-12-34-21-14-18(26(3,4)5)13-19(15-21)27-25(31)24-17(2)30(29-28-24)22-16-20(32-6)10-11-23(22)33-7/h10-11,13-16H,8-9,12H2,1-7H3,(H,27,31). The van der Waals surface area contributed by atoms with Crippen LogP contribution in [0, 0.1) is 6.92 Å². The van der Waals surface area contributed by atoms with Gasteiger partial charge < -0.3 is 19.5 Å². The van der Waals surface area contributed by atoms with Crippen LogP contribution in [0.3, 0.4) is 0 Å². The van der Waals surface area contributed by atoms with E-state index in [1.54, 1.807) is 44.0 Å². The lowest BCUT2D eigenvalue weighted by molar-refractivity contribution is 0.102. The number of rotatable bonds is 9. The number of aromatic nitrogens is 3. The molecule has 0 bridgehead atoms. The van der Waals surface area contributed by atoms with Crippen molar-refractivity contribution in [3.8, 4) is 22.9 Å². The zero-order valence-corrected chi connectivity index (χ0v) is 21.1. The van der Waals surface area contributed by atoms with Gasteiger partial charge in [-0.3, -0.25) is 4.79 Å². The number of carbonyl (C=O) groups excluding carboxylic acids is 1. The number of hydrogen-bond acceptors (Lipinski definition) is 6. The van der Waals surface area contributed by atoms with Crippen LogP contribution in [-0.4, -0.2) is 41.7 Å². The first kappa shape index (κ1) is 25.1. The van der Waals surface area contributed by atoms with Crippen LogP contribution in [0.15, 0.2) is 36.4 Å². The highest BCUT2D eigenvalue weighted by Gasteiger charge is 2.21. The monoisotopic (exact) mass is 466 g/mol. The summed E-state index contributed by atoms with van der Waals surface area (Å²) >= 11 is 0. The Labute approximate surface area is 201 Å². The van der Waals surface area contributed by atoms with Crippen molar-refractivity contribution in [2.75, 3.05) is 26.1 Å². The first-order chi connectivity index (χ1) is 16.2. The van der Waals surface area contributed by atoms with Gasteiger partial charge in [0.15, 0.2) is 5.69 Å². The van der Waals surface area contributed by atoms with Gasteiger partial charge in [0.25, 0.3) is 5.91 Å². The molecule has 182 valence electrons. The van der Waals surface area contributed by atoms with E-state index in [1.807, 2.05) is 18.2 Å². The molecule has 8 heteroatoms. The van der Waals surface area contributed by atoms with E-state index < -0.39 is 0 Å². The minimum Gasteiger partial charge on any atom is -0.497 e. The van der Waals surface area contributed by atoms with Crippen molar-refractivity contribution in [1.29, 1.82) is 0 Å². The first-order valence-corrected chi connectivity index (χ1v) is 11.4. The zero-order chi connectivity index (χ0) is 24.9. The Balaban J connectivity index is 1.91. The highest BCUT2D eigenvalue weighted by atomic mass is 16.5. The number of anilines is 1. The maximum absolute atomic E-state index is 13.2. The molecule has 0 aliphatic rings. The summed E-state index contributed by atoms with van der Waals surface area (Å²) in [6.07, 6.45) is 2.02. The number of nitrogens with zero attached hydrogens (tertiary/aromatic N) is 3. The summed E-state index contributed by atoms with van der Waals surface area (Å²) in [5.74, 6) is 1.62. The van der Waals surface area contributed by atoms with Crippen molar-refractivity contribution in [2.45, 2.75) is 52.9 Å². The quantitative estimate of drug-likeness (QED) is 0.429. The largest absolute Gasteiger partial charge is 0.497 e. The normalized spacial score (nSPS) is 11.3. The summed E-state index contributed by atoms with van der Waals surface area (Å²) in [7, 11) is 3.16. The summed E-state index contributed by atoms with van der Waals surface area (Å²) < 4.78 is 18.3. The lowest BCUT2D eigenvalue weighted by atomic mass is 9.86. The van der Waals surface area contributed by atoms with E-state index in [-0.39, 0.29) is 17.0 Å². The third-order valence-corrected chi connectivity index (χ3v) is 5.52. The molecule has 2 aromatic carbocycles. The van der Waals surface area contributed by atoms with Crippen LogP contribution in [0.2, 0.25) is 0 Å². The fourth-order valence-corrected chi connectivity index (χ4v) is 3.44. The topological polar surface area (TPSA) is 87.5 Å². The number of benzene rings is 2. The summed E-state index contributed by atoms with van der Waals surface area (Å²) in [5, 5.41) is 11.3. The van der Waals surface area contributed by atoms with Gasteiger partial charge in [0.05, 0.1) is 26.5 Å². The molecule has 0 saturated heterocycles. The van der Waals surface area contributed by atoms with Crippen molar-refractivity contribution in [2.24, 2.45) is 0 Å². The molecule has 0 saturated carbocycles. The molecule has 1 N–H and O–H groups in total. The average molecular weight is 467 g/mol. The maximum Gasteiger partial charge on any atom is 0.278 e. The van der Waals surface area contributed by atoms with Gasteiger partial charge in [0, 0.05) is 17.8 Å². The summed E-state index contributed by atoms with van der Waals surface area (Å²) in [6.45, 7) is 10.9. The SMILES string of the molecule is CCCCOc1cc(NC(=O)c2nnn(-c3cc(OC)ccc3OC)c2C)cc(C(C)(C)C)c1. The van der Waals surface area contributed by atoms with Gasteiger partial charge in [-0.15, -0.1) is 5.10 Å². The van der Waals surface area contributed by atoms with Crippen LogP contribution in [0.5, 0.6) is 17.2 Å². The van der Waals surface area contributed by atoms with Crippen molar-refractivity contribution >= 4 is 11.6 Å². The molecule has 1 amide bonds. The van der Waals surface area contributed by atoms with Crippen LogP contribution in [0.1, 0.15) is 62.3 Å². The van der Waals surface area contributed by atoms with E-state index in [4.69, 9.17) is 14.2 Å². The zero-order valence-electron chi connectivity index (χ0n) is 21.1. The lowest BCUT2D eigenvalue weighted by Gasteiger charge is -2.21. The van der Waals surface area contributed by atoms with Crippen LogP contribution in [0.4, 0.5) is 5.69 Å². The number of nitrogens with one attached hydrogen (secondary N) is 1. The highest BCUT2D eigenvalue weighted by molar-refractivity contribution is 6.03. The highest BCUT2D eigenvalue weighted by Crippen LogP contribution is 2.31. The molecule has 34 heavy (non-hydrogen) atoms. The molecule has 0 aliphatic heterocycles. The molecular weight excluding hydrogens is 432 g/mol. The fraction of sp³-hybridized carbons (Fsp3) is 0.423. The van der Waals surface area contributed by atoms with Crippen molar-refractivity contribution in [3.63, 3.8) is 0 Å². The average Bonchev–Trinajstić information content (AvgIpc) is 3.19. The lowest BCUT2D eigenvalue weighted by Crippen LogP contribution is -2.16. The molecule has 1 heterocycles. The molecule has 0 atom stereocenters. The smallest absolute Gasteiger partial charge is 0.278 e. The third-order valence-electron chi connectivity index (χ3n) is 5.52.